The van der Waals surface area contributed by atoms with E-state index in [0.717, 1.165) is 18.2 Å². The number of alkyl halides is 3. The first-order valence-electron chi connectivity index (χ1n) is 4.82. The first-order chi connectivity index (χ1) is 8.61. The summed E-state index contributed by atoms with van der Waals surface area (Å²) in [6, 6.07) is 2.80. The lowest BCUT2D eigenvalue weighted by molar-refractivity contribution is -0.274. The lowest BCUT2D eigenvalue weighted by Crippen LogP contribution is -2.33. The number of nitrogens with two attached hydrogens (primary N) is 1. The van der Waals surface area contributed by atoms with E-state index >= 15 is 0 Å². The predicted molar refractivity (Wildman–Crippen MR) is 58.3 cm³/mol. The third-order valence-corrected chi connectivity index (χ3v) is 2.41. The van der Waals surface area contributed by atoms with Crippen LogP contribution in [0.3, 0.4) is 0 Å². The van der Waals surface area contributed by atoms with Crippen LogP contribution in [0.1, 0.15) is 11.7 Å². The van der Waals surface area contributed by atoms with Crippen molar-refractivity contribution >= 4 is 17.5 Å². The van der Waals surface area contributed by atoms with Crippen molar-refractivity contribution in [3.63, 3.8) is 0 Å². The second-order valence-corrected chi connectivity index (χ2v) is 3.94. The third kappa shape index (κ3) is 4.27. The molecule has 0 aromatic heterocycles. The molecule has 0 saturated carbocycles. The molecule has 19 heavy (non-hydrogen) atoms. The molecule has 4 N–H and O–H groups in total. The third-order valence-electron chi connectivity index (χ3n) is 2.11. The average Bonchev–Trinajstić information content (AvgIpc) is 2.28. The van der Waals surface area contributed by atoms with Gasteiger partial charge in [-0.15, -0.1) is 13.2 Å². The van der Waals surface area contributed by atoms with Crippen LogP contribution < -0.4 is 10.5 Å². The van der Waals surface area contributed by atoms with Crippen molar-refractivity contribution in [3.8, 4) is 5.75 Å². The number of benzene rings is 1. The molecule has 0 spiro atoms. The van der Waals surface area contributed by atoms with Crippen LogP contribution in [-0.4, -0.2) is 28.6 Å². The predicted octanol–water partition coefficient (Wildman–Crippen LogP) is 1.12. The number of carbonyl (C=O) groups excluding carboxylic acids is 1. The highest BCUT2D eigenvalue weighted by Crippen LogP contribution is 2.32. The van der Waals surface area contributed by atoms with E-state index in [2.05, 4.69) is 4.74 Å². The summed E-state index contributed by atoms with van der Waals surface area (Å²) in [4.78, 5) is 10.7. The first-order valence-corrected chi connectivity index (χ1v) is 5.20. The van der Waals surface area contributed by atoms with Gasteiger partial charge in [-0.2, -0.15) is 0 Å². The highest BCUT2D eigenvalue weighted by molar-refractivity contribution is 6.32. The summed E-state index contributed by atoms with van der Waals surface area (Å²) in [6.07, 6.45) is -8.50. The van der Waals surface area contributed by atoms with Gasteiger partial charge in [0.05, 0.1) is 5.02 Å². The van der Waals surface area contributed by atoms with E-state index in [1.165, 1.54) is 0 Å². The van der Waals surface area contributed by atoms with Crippen molar-refractivity contribution < 1.29 is 32.9 Å². The number of amides is 1. The smallest absolute Gasteiger partial charge is 0.404 e. The number of primary amides is 1. The number of ether oxygens (including phenoxy) is 1. The molecule has 5 nitrogen and oxygen atoms in total. The van der Waals surface area contributed by atoms with Crippen LogP contribution in [-0.2, 0) is 4.79 Å². The maximum atomic E-state index is 12.0. The molecule has 0 aliphatic rings. The second-order valence-electron chi connectivity index (χ2n) is 3.53. The SMILES string of the molecule is NC(=O)C(O)C(O)c1ccc(OC(F)(F)F)c(Cl)c1. The fourth-order valence-electron chi connectivity index (χ4n) is 1.25. The molecule has 2 unspecified atom stereocenters. The van der Waals surface area contributed by atoms with Crippen molar-refractivity contribution in [2.24, 2.45) is 5.73 Å². The monoisotopic (exact) mass is 299 g/mol. The van der Waals surface area contributed by atoms with Gasteiger partial charge in [-0.25, -0.2) is 0 Å². The summed E-state index contributed by atoms with van der Waals surface area (Å²) in [6.45, 7) is 0. The number of rotatable bonds is 4. The lowest BCUT2D eigenvalue weighted by Gasteiger charge is -2.16. The van der Waals surface area contributed by atoms with Crippen LogP contribution in [0.5, 0.6) is 5.75 Å². The van der Waals surface area contributed by atoms with Gasteiger partial charge in [0.15, 0.2) is 6.10 Å². The minimum Gasteiger partial charge on any atom is -0.404 e. The maximum Gasteiger partial charge on any atom is 0.573 e. The molecule has 1 aromatic carbocycles. The molecule has 1 amide bonds. The maximum absolute atomic E-state index is 12.0. The number of hydrogen-bond donors (Lipinski definition) is 3. The summed E-state index contributed by atoms with van der Waals surface area (Å²) < 4.78 is 39.6. The highest BCUT2D eigenvalue weighted by Gasteiger charge is 2.32. The van der Waals surface area contributed by atoms with E-state index in [-0.39, 0.29) is 5.56 Å². The van der Waals surface area contributed by atoms with Crippen molar-refractivity contribution in [1.29, 1.82) is 0 Å². The summed E-state index contributed by atoms with van der Waals surface area (Å²) in [5.41, 5.74) is 4.69. The number of carbonyl (C=O) groups is 1. The molecular formula is C10H9ClF3NO4. The highest BCUT2D eigenvalue weighted by atomic mass is 35.5. The van der Waals surface area contributed by atoms with Crippen LogP contribution in [0.25, 0.3) is 0 Å². The Balaban J connectivity index is 2.97. The molecule has 1 aromatic rings. The van der Waals surface area contributed by atoms with Crippen molar-refractivity contribution in [2.45, 2.75) is 18.6 Å². The van der Waals surface area contributed by atoms with Gasteiger partial charge in [-0.1, -0.05) is 17.7 Å². The quantitative estimate of drug-likeness (QED) is 0.776. The van der Waals surface area contributed by atoms with E-state index in [0.29, 0.717) is 0 Å². The molecule has 0 bridgehead atoms. The first kappa shape index (κ1) is 15.5. The summed E-state index contributed by atoms with van der Waals surface area (Å²) in [5.74, 6) is -1.85. The molecule has 0 heterocycles. The van der Waals surface area contributed by atoms with Crippen LogP contribution in [0.2, 0.25) is 5.02 Å². The zero-order valence-corrected chi connectivity index (χ0v) is 9.94. The Morgan fingerprint density at radius 3 is 2.37 bits per heavy atom. The van der Waals surface area contributed by atoms with Gasteiger partial charge in [0, 0.05) is 0 Å². The lowest BCUT2D eigenvalue weighted by atomic mass is 10.0. The van der Waals surface area contributed by atoms with E-state index in [1.807, 2.05) is 0 Å². The number of aliphatic hydroxyl groups is 2. The van der Waals surface area contributed by atoms with Gasteiger partial charge < -0.3 is 20.7 Å². The molecule has 0 saturated heterocycles. The van der Waals surface area contributed by atoms with E-state index in [1.54, 1.807) is 0 Å². The average molecular weight is 300 g/mol. The molecular weight excluding hydrogens is 291 g/mol. The zero-order chi connectivity index (χ0) is 14.8. The second kappa shape index (κ2) is 5.64. The van der Waals surface area contributed by atoms with Crippen LogP contribution in [0.4, 0.5) is 13.2 Å². The van der Waals surface area contributed by atoms with E-state index in [4.69, 9.17) is 17.3 Å². The van der Waals surface area contributed by atoms with Crippen LogP contribution in [0, 0.1) is 0 Å². The summed E-state index contributed by atoms with van der Waals surface area (Å²) in [7, 11) is 0. The Kier molecular flexibility index (Phi) is 4.61. The van der Waals surface area contributed by atoms with Crippen molar-refractivity contribution in [1.82, 2.24) is 0 Å². The summed E-state index contributed by atoms with van der Waals surface area (Å²) >= 11 is 5.53. The molecule has 2 atom stereocenters. The van der Waals surface area contributed by atoms with Crippen molar-refractivity contribution in [3.05, 3.63) is 28.8 Å². The van der Waals surface area contributed by atoms with Gasteiger partial charge >= 0.3 is 6.36 Å². The van der Waals surface area contributed by atoms with Gasteiger partial charge in [-0.05, 0) is 17.7 Å². The standard InChI is InChI=1S/C10H9ClF3NO4/c11-5-3-4(7(16)8(17)9(15)18)1-2-6(5)19-10(12,13)14/h1-3,7-8,16-17H,(H2,15,18). The molecule has 0 aliphatic heterocycles. The van der Waals surface area contributed by atoms with Crippen molar-refractivity contribution in [2.75, 3.05) is 0 Å². The molecule has 0 fully saturated rings. The van der Waals surface area contributed by atoms with Crippen LogP contribution >= 0.6 is 11.6 Å². The van der Waals surface area contributed by atoms with E-state index < -0.39 is 35.2 Å². The molecule has 0 aliphatic carbocycles. The largest absolute Gasteiger partial charge is 0.573 e. The molecule has 1 rings (SSSR count). The fraction of sp³-hybridized carbons (Fsp3) is 0.300. The topological polar surface area (TPSA) is 92.8 Å². The number of halogens is 4. The van der Waals surface area contributed by atoms with E-state index in [9.17, 15) is 28.2 Å². The minimum atomic E-state index is -4.91. The van der Waals surface area contributed by atoms with Gasteiger partial charge in [0.25, 0.3) is 0 Å². The van der Waals surface area contributed by atoms with Gasteiger partial charge in [0.2, 0.25) is 5.91 Å². The molecule has 0 radical (unpaired) electrons. The minimum absolute atomic E-state index is 0.0779. The number of aliphatic hydroxyl groups excluding tert-OH is 2. The van der Waals surface area contributed by atoms with Crippen LogP contribution in [0.15, 0.2) is 18.2 Å². The molecule has 106 valence electrons. The number of hydrogen-bond acceptors (Lipinski definition) is 4. The normalized spacial score (nSPS) is 14.8. The summed E-state index contributed by atoms with van der Waals surface area (Å²) in [5, 5.41) is 18.3. The molecule has 9 heteroatoms. The Labute approximate surface area is 110 Å². The Morgan fingerprint density at radius 1 is 1.37 bits per heavy atom. The van der Waals surface area contributed by atoms with Gasteiger partial charge in [0.1, 0.15) is 11.9 Å². The zero-order valence-electron chi connectivity index (χ0n) is 9.19. The Hall–Kier alpha value is -1.51. The Morgan fingerprint density at radius 2 is 1.95 bits per heavy atom. The van der Waals surface area contributed by atoms with Gasteiger partial charge in [-0.3, -0.25) is 4.79 Å². The Bertz CT molecular complexity index is 480. The fourth-order valence-corrected chi connectivity index (χ4v) is 1.47.